The Kier molecular flexibility index (Phi) is 30.5. The van der Waals surface area contributed by atoms with Crippen molar-refractivity contribution in [3.63, 3.8) is 0 Å². The number of unbranched alkanes of at least 4 members (excludes halogenated alkanes) is 24. The Morgan fingerprint density at radius 2 is 0.618 bits per heavy atom. The largest absolute Gasteiger partial charge is 0.494 e. The molecule has 0 aliphatic carbocycles. The van der Waals surface area contributed by atoms with Gasteiger partial charge >= 0.3 is 23.9 Å². The van der Waals surface area contributed by atoms with Crippen molar-refractivity contribution < 1.29 is 56.4 Å². The van der Waals surface area contributed by atoms with E-state index in [1.165, 1.54) is 139 Å². The molecule has 0 unspecified atom stereocenters. The van der Waals surface area contributed by atoms with Crippen LogP contribution in [0.2, 0.25) is 0 Å². The monoisotopic (exact) mass is 947 g/mol. The number of benzene rings is 3. The molecule has 0 aromatic heterocycles. The highest BCUT2D eigenvalue weighted by molar-refractivity contribution is 5.92. The molecular weight excluding hydrogens is 871 g/mol. The molecule has 0 bridgehead atoms. The first-order valence-electron chi connectivity index (χ1n) is 25.2. The highest BCUT2D eigenvalue weighted by atomic mass is 19.2. The van der Waals surface area contributed by atoms with Crippen LogP contribution in [0.4, 0.5) is 8.78 Å². The van der Waals surface area contributed by atoms with Crippen molar-refractivity contribution in [2.45, 2.75) is 167 Å². The second-order valence-corrected chi connectivity index (χ2v) is 17.2. The quantitative estimate of drug-likeness (QED) is 0.0236. The van der Waals surface area contributed by atoms with Crippen molar-refractivity contribution in [2.24, 2.45) is 0 Å². The van der Waals surface area contributed by atoms with Gasteiger partial charge in [0, 0.05) is 12.2 Å². The number of esters is 4. The van der Waals surface area contributed by atoms with Crippen LogP contribution in [-0.4, -0.2) is 50.3 Å². The number of hydrogen-bond acceptors (Lipinski definition) is 10. The summed E-state index contributed by atoms with van der Waals surface area (Å²) in [6.07, 6.45) is 32.4. The number of rotatable bonds is 40. The van der Waals surface area contributed by atoms with Crippen LogP contribution in [0.25, 0.3) is 0 Å². The molecule has 12 heteroatoms. The van der Waals surface area contributed by atoms with Crippen LogP contribution < -0.4 is 18.9 Å². The molecule has 0 radical (unpaired) electrons. The fourth-order valence-corrected chi connectivity index (χ4v) is 7.50. The molecule has 3 aromatic carbocycles. The predicted molar refractivity (Wildman–Crippen MR) is 263 cm³/mol. The van der Waals surface area contributed by atoms with E-state index in [0.717, 1.165) is 76.3 Å². The van der Waals surface area contributed by atoms with Gasteiger partial charge in [0.15, 0.2) is 11.5 Å². The van der Waals surface area contributed by atoms with Gasteiger partial charge in [0.25, 0.3) is 0 Å². The van der Waals surface area contributed by atoms with Crippen LogP contribution in [0.15, 0.2) is 86.0 Å². The van der Waals surface area contributed by atoms with Crippen LogP contribution in [0.5, 0.6) is 23.0 Å². The minimum atomic E-state index is -1.46. The third kappa shape index (κ3) is 25.6. The molecule has 0 aliphatic rings. The highest BCUT2D eigenvalue weighted by Gasteiger charge is 2.21. The zero-order valence-corrected chi connectivity index (χ0v) is 40.4. The maximum Gasteiger partial charge on any atom is 0.343 e. The van der Waals surface area contributed by atoms with Gasteiger partial charge in [-0.3, -0.25) is 0 Å². The van der Waals surface area contributed by atoms with Crippen LogP contribution >= 0.6 is 0 Å². The van der Waals surface area contributed by atoms with Crippen LogP contribution in [0, 0.1) is 11.6 Å². The molecule has 0 spiro atoms. The van der Waals surface area contributed by atoms with Gasteiger partial charge in [0.05, 0.1) is 37.6 Å². The van der Waals surface area contributed by atoms with E-state index >= 15 is 0 Å². The van der Waals surface area contributed by atoms with E-state index in [9.17, 15) is 28.0 Å². The van der Waals surface area contributed by atoms with Gasteiger partial charge in [-0.2, -0.15) is 8.78 Å². The van der Waals surface area contributed by atoms with E-state index in [-0.39, 0.29) is 23.1 Å². The van der Waals surface area contributed by atoms with Crippen molar-refractivity contribution in [3.05, 3.63) is 109 Å². The first kappa shape index (κ1) is 56.8. The van der Waals surface area contributed by atoms with Gasteiger partial charge in [0.1, 0.15) is 11.5 Å². The Bertz CT molecular complexity index is 1760. The summed E-state index contributed by atoms with van der Waals surface area (Å²) < 4.78 is 61.9. The average Bonchev–Trinajstić information content (AvgIpc) is 3.35. The number of ether oxygens (including phenoxy) is 6. The predicted octanol–water partition coefficient (Wildman–Crippen LogP) is 14.8. The summed E-state index contributed by atoms with van der Waals surface area (Å²) in [5.41, 5.74) is 0.258. The fraction of sp³-hybridized carbons (Fsp3) is 0.536. The van der Waals surface area contributed by atoms with Gasteiger partial charge in [0.2, 0.25) is 11.6 Å². The molecule has 10 nitrogen and oxygen atoms in total. The number of carbonyl (C=O) groups is 4. The van der Waals surface area contributed by atoms with Gasteiger partial charge in [-0.1, -0.05) is 154 Å². The van der Waals surface area contributed by atoms with Crippen molar-refractivity contribution in [3.8, 4) is 23.0 Å². The average molecular weight is 947 g/mol. The normalized spacial score (nSPS) is 10.9. The molecule has 68 heavy (non-hydrogen) atoms. The fourth-order valence-electron chi connectivity index (χ4n) is 7.50. The summed E-state index contributed by atoms with van der Waals surface area (Å²) in [6, 6.07) is 14.6. The Labute approximate surface area is 404 Å². The highest BCUT2D eigenvalue weighted by Crippen LogP contribution is 2.29. The summed E-state index contributed by atoms with van der Waals surface area (Å²) in [5, 5.41) is 0. The van der Waals surface area contributed by atoms with Gasteiger partial charge in [-0.05, 0) is 86.3 Å². The summed E-state index contributed by atoms with van der Waals surface area (Å²) in [6.45, 7) is 8.83. The second-order valence-electron chi connectivity index (χ2n) is 17.2. The van der Waals surface area contributed by atoms with Crippen molar-refractivity contribution in [2.75, 3.05) is 26.4 Å². The van der Waals surface area contributed by atoms with Crippen molar-refractivity contribution in [1.82, 2.24) is 0 Å². The summed E-state index contributed by atoms with van der Waals surface area (Å²) in [7, 11) is 0. The molecule has 3 rings (SSSR count). The summed E-state index contributed by atoms with van der Waals surface area (Å²) in [4.78, 5) is 47.5. The zero-order chi connectivity index (χ0) is 48.9. The lowest BCUT2D eigenvalue weighted by Gasteiger charge is -2.11. The van der Waals surface area contributed by atoms with Gasteiger partial charge < -0.3 is 28.4 Å². The van der Waals surface area contributed by atoms with Gasteiger partial charge in [-0.25, -0.2) is 19.2 Å². The van der Waals surface area contributed by atoms with E-state index < -0.39 is 35.1 Å². The van der Waals surface area contributed by atoms with E-state index in [4.69, 9.17) is 28.4 Å². The standard InChI is InChI=1S/C56H76F2O10/c1-3-51(59)65-43-29-25-21-17-13-9-5-7-11-15-19-23-27-41-63-47-35-31-45(32-36-47)55(61)67-49-39-40-50(54(58)53(49)57)68-56(62)46-33-37-48(38-34-46)64-42-28-24-20-16-12-8-6-10-14-18-22-26-30-44-66-52(60)4-2/h3-4,31-40H,1-2,5-30,41-44H2. The van der Waals surface area contributed by atoms with Crippen LogP contribution in [-0.2, 0) is 19.1 Å². The smallest absolute Gasteiger partial charge is 0.343 e. The Morgan fingerprint density at radius 3 is 0.882 bits per heavy atom. The lowest BCUT2D eigenvalue weighted by molar-refractivity contribution is -0.138. The topological polar surface area (TPSA) is 124 Å². The first-order chi connectivity index (χ1) is 33.2. The van der Waals surface area contributed by atoms with E-state index in [2.05, 4.69) is 13.2 Å². The molecule has 0 amide bonds. The lowest BCUT2D eigenvalue weighted by Crippen LogP contribution is -2.12. The molecule has 3 aromatic rings. The minimum absolute atomic E-state index is 0.129. The Balaban J connectivity index is 1.20. The molecule has 0 N–H and O–H groups in total. The van der Waals surface area contributed by atoms with Crippen molar-refractivity contribution in [1.29, 1.82) is 0 Å². The lowest BCUT2D eigenvalue weighted by atomic mass is 10.0. The second kappa shape index (κ2) is 36.5. The molecule has 374 valence electrons. The molecule has 0 saturated carbocycles. The van der Waals surface area contributed by atoms with E-state index in [1.807, 2.05) is 0 Å². The van der Waals surface area contributed by atoms with Gasteiger partial charge in [-0.15, -0.1) is 0 Å². The Hall–Kier alpha value is -5.52. The zero-order valence-electron chi connectivity index (χ0n) is 40.4. The summed E-state index contributed by atoms with van der Waals surface area (Å²) in [5.74, 6) is -5.48. The van der Waals surface area contributed by atoms with Crippen molar-refractivity contribution >= 4 is 23.9 Å². The first-order valence-corrected chi connectivity index (χ1v) is 25.2. The van der Waals surface area contributed by atoms with E-state index in [1.54, 1.807) is 24.3 Å². The molecule has 0 saturated heterocycles. The number of halogens is 2. The molecule has 0 aliphatic heterocycles. The maximum atomic E-state index is 15.0. The molecular formula is C56H76F2O10. The summed E-state index contributed by atoms with van der Waals surface area (Å²) >= 11 is 0. The number of hydrogen-bond donors (Lipinski definition) is 0. The molecule has 0 fully saturated rings. The van der Waals surface area contributed by atoms with E-state index in [0.29, 0.717) is 37.9 Å². The molecule has 0 heterocycles. The number of carbonyl (C=O) groups excluding carboxylic acids is 4. The van der Waals surface area contributed by atoms with Crippen LogP contribution in [0.1, 0.15) is 188 Å². The minimum Gasteiger partial charge on any atom is -0.494 e. The third-order valence-electron chi connectivity index (χ3n) is 11.5. The maximum absolute atomic E-state index is 15.0. The Morgan fingerprint density at radius 1 is 0.368 bits per heavy atom. The third-order valence-corrected chi connectivity index (χ3v) is 11.5. The molecule has 0 atom stereocenters. The van der Waals surface area contributed by atoms with Crippen LogP contribution in [0.3, 0.4) is 0 Å². The SMILES string of the molecule is C=CC(=O)OCCCCCCCCCCCCCCCOc1ccc(C(=O)Oc2ccc(OC(=O)c3ccc(OCCCCCCCCCCCCCCCOC(=O)C=C)cc3)c(F)c2F)cc1.